The highest BCUT2D eigenvalue weighted by Gasteiger charge is 2.26. The Morgan fingerprint density at radius 1 is 0.850 bits per heavy atom. The molecule has 0 bridgehead atoms. The third-order valence-corrected chi connectivity index (χ3v) is 4.31. The van der Waals surface area contributed by atoms with Crippen molar-refractivity contribution in [1.82, 2.24) is 0 Å². The lowest BCUT2D eigenvalue weighted by molar-refractivity contribution is -0.111. The lowest BCUT2D eigenvalue weighted by Crippen LogP contribution is -2.16. The smallest absolute Gasteiger partial charge is 0.163 e. The van der Waals surface area contributed by atoms with Gasteiger partial charge < -0.3 is 0 Å². The molecule has 1 unspecified atom stereocenters. The molecular weight excluding hydrogens is 263 g/mol. The summed E-state index contributed by atoms with van der Waals surface area (Å²) >= 11 is 0. The molecule has 0 aliphatic carbocycles. The zero-order valence-electron chi connectivity index (χ0n) is 12.3. The van der Waals surface area contributed by atoms with Gasteiger partial charge in [0.2, 0.25) is 0 Å². The summed E-state index contributed by atoms with van der Waals surface area (Å²) in [4.78, 5) is 12.8. The molecule has 0 fully saturated rings. The van der Waals surface area contributed by atoms with Crippen molar-refractivity contribution in [2.45, 2.75) is 31.8 Å². The van der Waals surface area contributed by atoms with Crippen molar-refractivity contribution < 1.29 is 4.79 Å². The topological polar surface area (TPSA) is 17.1 Å². The summed E-state index contributed by atoms with van der Waals surface area (Å²) in [6.07, 6.45) is 0. The van der Waals surface area contributed by atoms with Crippen LogP contribution in [0.2, 0.25) is 0 Å². The van der Waals surface area contributed by atoms with Crippen LogP contribution in [0.15, 0.2) is 60.7 Å². The quantitative estimate of drug-likeness (QED) is 0.735. The minimum atomic E-state index is -0.144. The first kappa shape index (κ1) is 14.9. The molecule has 1 atom stereocenters. The van der Waals surface area contributed by atoms with Gasteiger partial charge in [-0.05, 0) is 24.9 Å². The summed E-state index contributed by atoms with van der Waals surface area (Å²) < 4.78 is 0. The number of benzene rings is 2. The Balaban J connectivity index is 2.38. The van der Waals surface area contributed by atoms with Crippen LogP contribution in [0.5, 0.6) is 0 Å². The molecule has 0 radical (unpaired) electrons. The normalized spacial score (nSPS) is 12.2. The van der Waals surface area contributed by atoms with Crippen LogP contribution in [0.3, 0.4) is 0 Å². The fourth-order valence-corrected chi connectivity index (χ4v) is 3.44. The van der Waals surface area contributed by atoms with E-state index < -0.39 is 0 Å². The summed E-state index contributed by atoms with van der Waals surface area (Å²) in [7, 11) is 0.308. The Morgan fingerprint density at radius 2 is 1.25 bits per heavy atom. The van der Waals surface area contributed by atoms with Crippen molar-refractivity contribution >= 4 is 14.1 Å². The molecule has 0 aliphatic heterocycles. The molecule has 0 heterocycles. The van der Waals surface area contributed by atoms with E-state index in [0.717, 1.165) is 11.1 Å². The second-order valence-electron chi connectivity index (χ2n) is 5.99. The Hall–Kier alpha value is -1.46. The molecule has 0 saturated heterocycles. The second-order valence-corrected chi connectivity index (χ2v) is 8.24. The monoisotopic (exact) mass is 284 g/mol. The van der Waals surface area contributed by atoms with Gasteiger partial charge in [0, 0.05) is 0 Å². The van der Waals surface area contributed by atoms with Gasteiger partial charge >= 0.3 is 0 Å². The van der Waals surface area contributed by atoms with Gasteiger partial charge in [-0.2, -0.15) is 0 Å². The van der Waals surface area contributed by atoms with Crippen LogP contribution in [0.4, 0.5) is 0 Å². The van der Waals surface area contributed by atoms with E-state index in [9.17, 15) is 4.79 Å². The molecular formula is C18H21OP. The van der Waals surface area contributed by atoms with E-state index in [2.05, 4.69) is 20.8 Å². The highest BCUT2D eigenvalue weighted by Crippen LogP contribution is 2.39. The van der Waals surface area contributed by atoms with Crippen LogP contribution in [-0.4, -0.2) is 10.7 Å². The molecule has 20 heavy (non-hydrogen) atoms. The van der Waals surface area contributed by atoms with E-state index in [-0.39, 0.29) is 11.1 Å². The number of hydrogen-bond acceptors (Lipinski definition) is 1. The van der Waals surface area contributed by atoms with Crippen LogP contribution in [-0.2, 0) is 4.79 Å². The number of rotatable bonds is 4. The van der Waals surface area contributed by atoms with Crippen LogP contribution >= 0.6 is 8.58 Å². The highest BCUT2D eigenvalue weighted by atomic mass is 31.1. The Labute approximate surface area is 123 Å². The van der Waals surface area contributed by atoms with E-state index >= 15 is 0 Å². The van der Waals surface area contributed by atoms with Crippen LogP contribution in [0, 0.1) is 0 Å². The molecule has 0 saturated carbocycles. The highest BCUT2D eigenvalue weighted by molar-refractivity contribution is 7.59. The van der Waals surface area contributed by atoms with E-state index in [1.807, 2.05) is 60.7 Å². The molecule has 2 aromatic rings. The predicted octanol–water partition coefficient (Wildman–Crippen LogP) is 4.82. The van der Waals surface area contributed by atoms with E-state index in [0.29, 0.717) is 14.1 Å². The molecule has 0 aliphatic rings. The first-order valence-corrected chi connectivity index (χ1v) is 7.89. The maximum Gasteiger partial charge on any atom is 0.163 e. The molecule has 0 amide bonds. The van der Waals surface area contributed by atoms with Crippen molar-refractivity contribution in [3.8, 4) is 0 Å². The van der Waals surface area contributed by atoms with Crippen LogP contribution in [0.25, 0.3) is 0 Å². The second kappa shape index (κ2) is 6.33. The van der Waals surface area contributed by atoms with Crippen molar-refractivity contribution in [2.24, 2.45) is 0 Å². The molecule has 0 aromatic heterocycles. The summed E-state index contributed by atoms with van der Waals surface area (Å²) in [5.74, 6) is -0.144. The number of carbonyl (C=O) groups is 1. The van der Waals surface area contributed by atoms with Gasteiger partial charge in [-0.3, -0.25) is 4.79 Å². The first-order chi connectivity index (χ1) is 9.47. The molecule has 2 aromatic carbocycles. The molecule has 2 rings (SSSR count). The molecule has 0 N–H and O–H groups in total. The maximum atomic E-state index is 12.8. The van der Waals surface area contributed by atoms with E-state index in [1.165, 1.54) is 0 Å². The first-order valence-electron chi connectivity index (χ1n) is 6.89. The minimum absolute atomic E-state index is 0.0406. The van der Waals surface area contributed by atoms with Crippen molar-refractivity contribution in [2.75, 3.05) is 0 Å². The van der Waals surface area contributed by atoms with Gasteiger partial charge in [0.1, 0.15) is 0 Å². The fourth-order valence-electron chi connectivity index (χ4n) is 2.23. The lowest BCUT2D eigenvalue weighted by Gasteiger charge is -2.23. The van der Waals surface area contributed by atoms with Gasteiger partial charge in [-0.1, -0.05) is 81.4 Å². The molecule has 0 spiro atoms. The number of hydrogen-bond donors (Lipinski definition) is 0. The standard InChI is InChI=1S/C18H21OP/c1-18(2,3)20-17(19)16(14-10-6-4-7-11-14)15-12-8-5-9-13-15/h4-13,16,20H,1-3H3. The third kappa shape index (κ3) is 4.02. The van der Waals surface area contributed by atoms with Crippen molar-refractivity contribution in [3.63, 3.8) is 0 Å². The zero-order chi connectivity index (χ0) is 14.6. The van der Waals surface area contributed by atoms with E-state index in [1.54, 1.807) is 0 Å². The Kier molecular flexibility index (Phi) is 4.73. The predicted molar refractivity (Wildman–Crippen MR) is 87.8 cm³/mol. The van der Waals surface area contributed by atoms with Gasteiger partial charge in [0.15, 0.2) is 5.52 Å². The van der Waals surface area contributed by atoms with Gasteiger partial charge in [-0.15, -0.1) is 0 Å². The summed E-state index contributed by atoms with van der Waals surface area (Å²) in [5.41, 5.74) is 2.48. The SMILES string of the molecule is CC(C)(C)PC(=O)C(c1ccccc1)c1ccccc1. The van der Waals surface area contributed by atoms with Gasteiger partial charge in [-0.25, -0.2) is 0 Å². The Bertz CT molecular complexity index is 515. The minimum Gasteiger partial charge on any atom is -0.294 e. The average Bonchev–Trinajstić information content (AvgIpc) is 2.39. The molecule has 1 nitrogen and oxygen atoms in total. The summed E-state index contributed by atoms with van der Waals surface area (Å²) in [5, 5.41) is 0.0406. The average molecular weight is 284 g/mol. The number of carbonyl (C=O) groups excluding carboxylic acids is 1. The zero-order valence-corrected chi connectivity index (χ0v) is 13.3. The Morgan fingerprint density at radius 3 is 1.60 bits per heavy atom. The summed E-state index contributed by atoms with van der Waals surface area (Å²) in [6, 6.07) is 20.1. The van der Waals surface area contributed by atoms with Crippen molar-refractivity contribution in [3.05, 3.63) is 71.8 Å². The van der Waals surface area contributed by atoms with Crippen LogP contribution < -0.4 is 0 Å². The maximum absolute atomic E-state index is 12.8. The lowest BCUT2D eigenvalue weighted by atomic mass is 9.92. The largest absolute Gasteiger partial charge is 0.294 e. The molecule has 2 heteroatoms. The van der Waals surface area contributed by atoms with Crippen molar-refractivity contribution in [1.29, 1.82) is 0 Å². The van der Waals surface area contributed by atoms with Crippen LogP contribution in [0.1, 0.15) is 37.8 Å². The third-order valence-electron chi connectivity index (χ3n) is 3.03. The van der Waals surface area contributed by atoms with Gasteiger partial charge in [0.05, 0.1) is 5.92 Å². The van der Waals surface area contributed by atoms with E-state index in [4.69, 9.17) is 0 Å². The molecule has 104 valence electrons. The summed E-state index contributed by atoms with van der Waals surface area (Å²) in [6.45, 7) is 6.36. The fraction of sp³-hybridized carbons (Fsp3) is 0.278. The van der Waals surface area contributed by atoms with Gasteiger partial charge in [0.25, 0.3) is 0 Å².